The molecule has 1 atom stereocenters. The number of rotatable bonds is 7. The minimum atomic E-state index is -3.44. The first kappa shape index (κ1) is 22.9. The largest absolute Gasteiger partial charge is 0.511 e. The number of anilines is 1. The highest BCUT2D eigenvalue weighted by molar-refractivity contribution is 7.92. The molecule has 0 bridgehead atoms. The van der Waals surface area contributed by atoms with Crippen LogP contribution in [0.2, 0.25) is 0 Å². The molecule has 1 aliphatic carbocycles. The van der Waals surface area contributed by atoms with Crippen molar-refractivity contribution in [1.29, 1.82) is 0 Å². The van der Waals surface area contributed by atoms with Crippen molar-refractivity contribution < 1.29 is 23.2 Å². The molecule has 0 amide bonds. The predicted molar refractivity (Wildman–Crippen MR) is 115 cm³/mol. The Kier molecular flexibility index (Phi) is 7.11. The third kappa shape index (κ3) is 5.18. The van der Waals surface area contributed by atoms with Crippen LogP contribution >= 0.6 is 0 Å². The maximum absolute atomic E-state index is 12.9. The average molecular weight is 423 g/mol. The van der Waals surface area contributed by atoms with Crippen LogP contribution in [0.5, 0.6) is 0 Å². The summed E-state index contributed by atoms with van der Waals surface area (Å²) in [6.07, 6.45) is 2.09. The summed E-state index contributed by atoms with van der Waals surface area (Å²) in [7, 11) is -3.44. The summed E-state index contributed by atoms with van der Waals surface area (Å²) in [6, 6.07) is 1.91. The van der Waals surface area contributed by atoms with Crippen molar-refractivity contribution in [2.75, 3.05) is 17.6 Å². The van der Waals surface area contributed by atoms with Crippen molar-refractivity contribution in [1.82, 2.24) is 0 Å². The van der Waals surface area contributed by atoms with Crippen molar-refractivity contribution in [3.8, 4) is 0 Å². The van der Waals surface area contributed by atoms with E-state index in [-0.39, 0.29) is 35.9 Å². The first-order chi connectivity index (χ1) is 13.5. The highest BCUT2D eigenvalue weighted by Crippen LogP contribution is 2.40. The quantitative estimate of drug-likeness (QED) is 0.509. The number of carbonyl (C=O) groups is 1. The number of allylic oxidation sites excluding steroid dienone is 2. The molecule has 0 aromatic heterocycles. The molecular formula is C21H30N2O5S. The summed E-state index contributed by atoms with van der Waals surface area (Å²) in [6.45, 7) is 9.67. The van der Waals surface area contributed by atoms with Gasteiger partial charge in [0.15, 0.2) is 5.78 Å². The van der Waals surface area contributed by atoms with E-state index in [0.717, 1.165) is 28.5 Å². The van der Waals surface area contributed by atoms with Crippen LogP contribution in [0, 0.1) is 20.8 Å². The number of nitrogens with zero attached hydrogens (tertiary/aromatic N) is 1. The highest BCUT2D eigenvalue weighted by atomic mass is 32.2. The van der Waals surface area contributed by atoms with Gasteiger partial charge in [-0.25, -0.2) is 8.42 Å². The molecule has 29 heavy (non-hydrogen) atoms. The lowest BCUT2D eigenvalue weighted by molar-refractivity contribution is -0.116. The smallest absolute Gasteiger partial charge is 0.229 e. The molecule has 1 aromatic carbocycles. The summed E-state index contributed by atoms with van der Waals surface area (Å²) in [5.41, 5.74) is 4.67. The van der Waals surface area contributed by atoms with Crippen LogP contribution in [0.3, 0.4) is 0 Å². The molecule has 7 nitrogen and oxygen atoms in total. The zero-order valence-electron chi connectivity index (χ0n) is 17.9. The maximum atomic E-state index is 12.9. The van der Waals surface area contributed by atoms with Crippen molar-refractivity contribution in [2.24, 2.45) is 5.16 Å². The fraction of sp³-hybridized carbons (Fsp3) is 0.524. The number of carbonyl (C=O) groups excluding carboxylic acids is 1. The second-order valence-electron chi connectivity index (χ2n) is 7.46. The molecule has 0 radical (unpaired) electrons. The second kappa shape index (κ2) is 8.98. The van der Waals surface area contributed by atoms with E-state index in [4.69, 9.17) is 4.84 Å². The number of hydrogen-bond donors (Lipinski definition) is 2. The Bertz CT molecular complexity index is 977. The van der Waals surface area contributed by atoms with E-state index in [1.54, 1.807) is 6.92 Å². The van der Waals surface area contributed by atoms with Crippen molar-refractivity contribution >= 4 is 27.2 Å². The molecule has 1 unspecified atom stereocenters. The van der Waals surface area contributed by atoms with Gasteiger partial charge in [0, 0.05) is 12.8 Å². The monoisotopic (exact) mass is 422 g/mol. The molecule has 1 aromatic rings. The third-order valence-corrected chi connectivity index (χ3v) is 5.67. The molecule has 1 aliphatic rings. The lowest BCUT2D eigenvalue weighted by Crippen LogP contribution is -2.25. The van der Waals surface area contributed by atoms with Crippen LogP contribution in [-0.4, -0.2) is 37.9 Å². The maximum Gasteiger partial charge on any atom is 0.229 e. The first-order valence-corrected chi connectivity index (χ1v) is 11.6. The molecule has 2 N–H and O–H groups in total. The van der Waals surface area contributed by atoms with Crippen LogP contribution in [0.15, 0.2) is 22.6 Å². The number of aliphatic hydroxyl groups excluding tert-OH is 1. The average Bonchev–Trinajstić information content (AvgIpc) is 2.60. The highest BCUT2D eigenvalue weighted by Gasteiger charge is 2.33. The first-order valence-electron chi connectivity index (χ1n) is 9.73. The standard InChI is InChI=1S/C21H30N2O5S/c1-7-16(22-28-8-2)20-17(24)10-15(11-18(20)25)19-12(3)9-13(4)21(14(19)5)23-29(6,26)27/h9,15,23-24H,7-8,10-11H2,1-6H3. The Morgan fingerprint density at radius 3 is 2.41 bits per heavy atom. The Morgan fingerprint density at radius 2 is 1.90 bits per heavy atom. The molecule has 2 rings (SSSR count). The number of Topliss-reactive ketones (excluding diaryl/α,β-unsaturated/α-hetero) is 1. The van der Waals surface area contributed by atoms with Gasteiger partial charge in [0.25, 0.3) is 0 Å². The van der Waals surface area contributed by atoms with Gasteiger partial charge in [-0.2, -0.15) is 0 Å². The molecule has 160 valence electrons. The van der Waals surface area contributed by atoms with Gasteiger partial charge in [-0.15, -0.1) is 0 Å². The normalized spacial score (nSPS) is 18.2. The minimum Gasteiger partial charge on any atom is -0.511 e. The van der Waals surface area contributed by atoms with Crippen LogP contribution < -0.4 is 4.72 Å². The second-order valence-corrected chi connectivity index (χ2v) is 9.21. The van der Waals surface area contributed by atoms with Crippen LogP contribution in [0.1, 0.15) is 61.3 Å². The van der Waals surface area contributed by atoms with E-state index in [9.17, 15) is 18.3 Å². The summed E-state index contributed by atoms with van der Waals surface area (Å²) in [4.78, 5) is 18.0. The number of hydrogen-bond acceptors (Lipinski definition) is 6. The fourth-order valence-corrected chi connectivity index (χ4v) is 4.71. The van der Waals surface area contributed by atoms with E-state index in [1.807, 2.05) is 33.8 Å². The lowest BCUT2D eigenvalue weighted by atomic mass is 9.77. The molecule has 0 fully saturated rings. The van der Waals surface area contributed by atoms with Gasteiger partial charge >= 0.3 is 0 Å². The minimum absolute atomic E-state index is 0.00329. The topological polar surface area (TPSA) is 105 Å². The lowest BCUT2D eigenvalue weighted by Gasteiger charge is -2.28. The van der Waals surface area contributed by atoms with Crippen molar-refractivity contribution in [3.05, 3.63) is 39.7 Å². The van der Waals surface area contributed by atoms with E-state index in [2.05, 4.69) is 9.88 Å². The van der Waals surface area contributed by atoms with Crippen LogP contribution in [0.25, 0.3) is 0 Å². The number of nitrogens with one attached hydrogen (secondary N) is 1. The van der Waals surface area contributed by atoms with Crippen LogP contribution in [0.4, 0.5) is 5.69 Å². The van der Waals surface area contributed by atoms with Crippen LogP contribution in [-0.2, 0) is 19.7 Å². The number of sulfonamides is 1. The SMILES string of the molecule is CCON=C(CC)C1=C(O)CC(c2c(C)cc(C)c(NS(C)(=O)=O)c2C)CC1=O. The molecule has 0 saturated carbocycles. The van der Waals surface area contributed by atoms with Gasteiger partial charge in [0.1, 0.15) is 12.4 Å². The predicted octanol–water partition coefficient (Wildman–Crippen LogP) is 4.04. The molecule has 0 saturated heterocycles. The third-order valence-electron chi connectivity index (χ3n) is 5.09. The van der Waals surface area contributed by atoms with E-state index in [0.29, 0.717) is 24.4 Å². The Morgan fingerprint density at radius 1 is 1.24 bits per heavy atom. The molecule has 0 heterocycles. The Balaban J connectivity index is 2.51. The van der Waals surface area contributed by atoms with Gasteiger partial charge in [-0.05, 0) is 62.3 Å². The van der Waals surface area contributed by atoms with Gasteiger partial charge in [-0.3, -0.25) is 9.52 Å². The number of aryl methyl sites for hydroxylation is 2. The number of oxime groups is 1. The van der Waals surface area contributed by atoms with Crippen molar-refractivity contribution in [2.45, 2.75) is 59.8 Å². The van der Waals surface area contributed by atoms with Gasteiger partial charge in [0.2, 0.25) is 10.0 Å². The Hall–Kier alpha value is -2.35. The summed E-state index contributed by atoms with van der Waals surface area (Å²) in [5.74, 6) is -0.420. The molecular weight excluding hydrogens is 392 g/mol. The number of benzene rings is 1. The fourth-order valence-electron chi connectivity index (χ4n) is 4.03. The van der Waals surface area contributed by atoms with Gasteiger partial charge in [0.05, 0.1) is 23.2 Å². The molecule has 0 aliphatic heterocycles. The number of ketones is 1. The van der Waals surface area contributed by atoms with Crippen molar-refractivity contribution in [3.63, 3.8) is 0 Å². The molecule has 0 spiro atoms. The summed E-state index contributed by atoms with van der Waals surface area (Å²) < 4.78 is 26.1. The van der Waals surface area contributed by atoms with E-state index >= 15 is 0 Å². The van der Waals surface area contributed by atoms with Gasteiger partial charge in [-0.1, -0.05) is 18.1 Å². The van der Waals surface area contributed by atoms with E-state index < -0.39 is 10.0 Å². The summed E-state index contributed by atoms with van der Waals surface area (Å²) in [5, 5.41) is 14.7. The van der Waals surface area contributed by atoms with Gasteiger partial charge < -0.3 is 9.94 Å². The molecule has 8 heteroatoms. The zero-order valence-corrected chi connectivity index (χ0v) is 18.7. The number of aliphatic hydroxyl groups is 1. The zero-order chi connectivity index (χ0) is 21.9. The van der Waals surface area contributed by atoms with E-state index in [1.165, 1.54) is 0 Å². The Labute approximate surface area is 172 Å². The summed E-state index contributed by atoms with van der Waals surface area (Å²) >= 11 is 0.